The molecule has 94 valence electrons. The first-order valence-corrected chi connectivity index (χ1v) is 5.99. The van der Waals surface area contributed by atoms with Crippen molar-refractivity contribution < 1.29 is 0 Å². The molecule has 1 unspecified atom stereocenters. The number of nitrogens with zero attached hydrogens (tertiary/aromatic N) is 2. The molecule has 1 aromatic heterocycles. The van der Waals surface area contributed by atoms with Gasteiger partial charge in [-0.25, -0.2) is 4.98 Å². The van der Waals surface area contributed by atoms with Gasteiger partial charge in [-0.1, -0.05) is 18.2 Å². The monoisotopic (exact) mass is 242 g/mol. The van der Waals surface area contributed by atoms with E-state index in [1.807, 2.05) is 38.1 Å². The maximum atomic E-state index is 5.97. The SMILES string of the molecule is Cc1cnc(C)c(NC(C)c2ccccc2N)n1. The zero-order chi connectivity index (χ0) is 13.1. The molecule has 18 heavy (non-hydrogen) atoms. The molecule has 1 heterocycles. The molecule has 0 amide bonds. The molecule has 1 aromatic carbocycles. The van der Waals surface area contributed by atoms with Crippen LogP contribution in [0.2, 0.25) is 0 Å². The highest BCUT2D eigenvalue weighted by Gasteiger charge is 2.10. The number of hydrogen-bond acceptors (Lipinski definition) is 4. The van der Waals surface area contributed by atoms with Crippen LogP contribution in [0.4, 0.5) is 11.5 Å². The fourth-order valence-electron chi connectivity index (χ4n) is 1.86. The standard InChI is InChI=1S/C14H18N4/c1-9-8-16-11(3)14(17-9)18-10(2)12-6-4-5-7-13(12)15/h4-8,10H,15H2,1-3H3,(H,17,18). The minimum Gasteiger partial charge on any atom is -0.398 e. The van der Waals surface area contributed by atoms with Crippen LogP contribution in [0.15, 0.2) is 30.5 Å². The van der Waals surface area contributed by atoms with Gasteiger partial charge in [0.1, 0.15) is 5.82 Å². The topological polar surface area (TPSA) is 63.8 Å². The molecule has 0 aliphatic rings. The number of anilines is 2. The van der Waals surface area contributed by atoms with E-state index < -0.39 is 0 Å². The third kappa shape index (κ3) is 2.59. The van der Waals surface area contributed by atoms with Crippen molar-refractivity contribution >= 4 is 11.5 Å². The smallest absolute Gasteiger partial charge is 0.148 e. The summed E-state index contributed by atoms with van der Waals surface area (Å²) in [6.07, 6.45) is 1.77. The molecule has 0 radical (unpaired) electrons. The van der Waals surface area contributed by atoms with Gasteiger partial charge in [-0.2, -0.15) is 0 Å². The van der Waals surface area contributed by atoms with E-state index in [0.29, 0.717) is 0 Å². The number of aryl methyl sites for hydroxylation is 2. The molecule has 4 nitrogen and oxygen atoms in total. The van der Waals surface area contributed by atoms with Crippen molar-refractivity contribution in [2.24, 2.45) is 0 Å². The Balaban J connectivity index is 2.24. The van der Waals surface area contributed by atoms with E-state index in [9.17, 15) is 0 Å². The quantitative estimate of drug-likeness (QED) is 0.812. The Bertz CT molecular complexity index is 551. The van der Waals surface area contributed by atoms with E-state index in [1.54, 1.807) is 6.20 Å². The van der Waals surface area contributed by atoms with Crippen molar-refractivity contribution in [1.29, 1.82) is 0 Å². The van der Waals surface area contributed by atoms with Crippen LogP contribution >= 0.6 is 0 Å². The Morgan fingerprint density at radius 2 is 1.94 bits per heavy atom. The molecule has 0 bridgehead atoms. The van der Waals surface area contributed by atoms with Crippen LogP contribution in [-0.4, -0.2) is 9.97 Å². The number of nitrogen functional groups attached to an aromatic ring is 1. The Morgan fingerprint density at radius 1 is 1.22 bits per heavy atom. The highest BCUT2D eigenvalue weighted by atomic mass is 15.0. The van der Waals surface area contributed by atoms with Crippen molar-refractivity contribution in [3.63, 3.8) is 0 Å². The van der Waals surface area contributed by atoms with Gasteiger partial charge in [0.15, 0.2) is 0 Å². The molecular formula is C14H18N4. The van der Waals surface area contributed by atoms with Gasteiger partial charge in [-0.05, 0) is 32.4 Å². The van der Waals surface area contributed by atoms with Gasteiger partial charge < -0.3 is 11.1 Å². The predicted molar refractivity (Wildman–Crippen MR) is 74.4 cm³/mol. The van der Waals surface area contributed by atoms with Crippen molar-refractivity contribution in [3.8, 4) is 0 Å². The van der Waals surface area contributed by atoms with Crippen LogP contribution in [0.3, 0.4) is 0 Å². The first-order chi connectivity index (χ1) is 8.58. The van der Waals surface area contributed by atoms with Crippen LogP contribution in [0.5, 0.6) is 0 Å². The van der Waals surface area contributed by atoms with Gasteiger partial charge in [0, 0.05) is 11.9 Å². The maximum absolute atomic E-state index is 5.97. The predicted octanol–water partition coefficient (Wildman–Crippen LogP) is 2.85. The summed E-state index contributed by atoms with van der Waals surface area (Å²) in [5, 5.41) is 3.35. The summed E-state index contributed by atoms with van der Waals surface area (Å²) >= 11 is 0. The lowest BCUT2D eigenvalue weighted by Crippen LogP contribution is -2.12. The number of benzene rings is 1. The molecule has 1 atom stereocenters. The van der Waals surface area contributed by atoms with Crippen molar-refractivity contribution in [2.45, 2.75) is 26.8 Å². The van der Waals surface area contributed by atoms with E-state index in [0.717, 1.165) is 28.5 Å². The van der Waals surface area contributed by atoms with Crippen molar-refractivity contribution in [1.82, 2.24) is 9.97 Å². The third-order valence-corrected chi connectivity index (χ3v) is 2.89. The second kappa shape index (κ2) is 5.04. The lowest BCUT2D eigenvalue weighted by molar-refractivity contribution is 0.865. The Kier molecular flexibility index (Phi) is 3.46. The fourth-order valence-corrected chi connectivity index (χ4v) is 1.86. The third-order valence-electron chi connectivity index (χ3n) is 2.89. The first kappa shape index (κ1) is 12.4. The molecule has 2 aromatic rings. The molecule has 0 aliphatic carbocycles. The number of nitrogens with one attached hydrogen (secondary N) is 1. The summed E-state index contributed by atoms with van der Waals surface area (Å²) in [6.45, 7) is 5.93. The van der Waals surface area contributed by atoms with Gasteiger partial charge in [0.05, 0.1) is 17.4 Å². The Labute approximate surface area is 107 Å². The zero-order valence-corrected chi connectivity index (χ0v) is 10.9. The van der Waals surface area contributed by atoms with Crippen LogP contribution in [-0.2, 0) is 0 Å². The number of nitrogens with two attached hydrogens (primary N) is 1. The lowest BCUT2D eigenvalue weighted by atomic mass is 10.1. The number of para-hydroxylation sites is 1. The summed E-state index contributed by atoms with van der Waals surface area (Å²) in [5.41, 5.74) is 9.61. The van der Waals surface area contributed by atoms with Crippen LogP contribution in [0.25, 0.3) is 0 Å². The van der Waals surface area contributed by atoms with Gasteiger partial charge in [-0.3, -0.25) is 4.98 Å². The highest BCUT2D eigenvalue weighted by Crippen LogP contribution is 2.23. The molecule has 3 N–H and O–H groups in total. The second-order valence-electron chi connectivity index (χ2n) is 4.44. The van der Waals surface area contributed by atoms with Gasteiger partial charge in [0.2, 0.25) is 0 Å². The molecule has 2 rings (SSSR count). The highest BCUT2D eigenvalue weighted by molar-refractivity contribution is 5.51. The minimum absolute atomic E-state index is 0.0981. The zero-order valence-electron chi connectivity index (χ0n) is 10.9. The summed E-state index contributed by atoms with van der Waals surface area (Å²) in [4.78, 5) is 8.75. The summed E-state index contributed by atoms with van der Waals surface area (Å²) < 4.78 is 0. The fraction of sp³-hybridized carbons (Fsp3) is 0.286. The number of rotatable bonds is 3. The normalized spacial score (nSPS) is 12.2. The molecule has 0 spiro atoms. The van der Waals surface area contributed by atoms with Crippen LogP contribution in [0, 0.1) is 13.8 Å². The van der Waals surface area contributed by atoms with E-state index in [-0.39, 0.29) is 6.04 Å². The Hall–Kier alpha value is -2.10. The minimum atomic E-state index is 0.0981. The molecule has 4 heteroatoms. The largest absolute Gasteiger partial charge is 0.398 e. The van der Waals surface area contributed by atoms with E-state index in [1.165, 1.54) is 0 Å². The Morgan fingerprint density at radius 3 is 2.67 bits per heavy atom. The van der Waals surface area contributed by atoms with Gasteiger partial charge in [0.25, 0.3) is 0 Å². The summed E-state index contributed by atoms with van der Waals surface area (Å²) in [5.74, 6) is 0.811. The average molecular weight is 242 g/mol. The molecule has 0 saturated heterocycles. The molecular weight excluding hydrogens is 224 g/mol. The van der Waals surface area contributed by atoms with Gasteiger partial charge >= 0.3 is 0 Å². The molecule has 0 saturated carbocycles. The summed E-state index contributed by atoms with van der Waals surface area (Å²) in [6, 6.07) is 7.94. The van der Waals surface area contributed by atoms with Gasteiger partial charge in [-0.15, -0.1) is 0 Å². The van der Waals surface area contributed by atoms with Crippen LogP contribution < -0.4 is 11.1 Å². The second-order valence-corrected chi connectivity index (χ2v) is 4.44. The molecule has 0 fully saturated rings. The van der Waals surface area contributed by atoms with E-state index in [4.69, 9.17) is 5.73 Å². The summed E-state index contributed by atoms with van der Waals surface area (Å²) in [7, 11) is 0. The lowest BCUT2D eigenvalue weighted by Gasteiger charge is -2.18. The number of hydrogen-bond donors (Lipinski definition) is 2. The van der Waals surface area contributed by atoms with E-state index >= 15 is 0 Å². The average Bonchev–Trinajstić information content (AvgIpc) is 2.34. The first-order valence-electron chi connectivity index (χ1n) is 5.99. The van der Waals surface area contributed by atoms with E-state index in [2.05, 4.69) is 22.2 Å². The molecule has 0 aliphatic heterocycles. The van der Waals surface area contributed by atoms with Crippen LogP contribution in [0.1, 0.15) is 29.9 Å². The maximum Gasteiger partial charge on any atom is 0.148 e. The van der Waals surface area contributed by atoms with Crippen molar-refractivity contribution in [3.05, 3.63) is 47.4 Å². The van der Waals surface area contributed by atoms with Crippen molar-refractivity contribution in [2.75, 3.05) is 11.1 Å². The number of aromatic nitrogens is 2.